The molecule has 94 valence electrons. The Hall–Kier alpha value is -2.96. The number of aromatic nitrogens is 3. The first-order chi connectivity index (χ1) is 9.16. The van der Waals surface area contributed by atoms with Crippen molar-refractivity contribution in [2.45, 2.75) is 0 Å². The van der Waals surface area contributed by atoms with E-state index in [1.807, 2.05) is 18.2 Å². The van der Waals surface area contributed by atoms with Crippen molar-refractivity contribution in [1.29, 1.82) is 0 Å². The van der Waals surface area contributed by atoms with Gasteiger partial charge in [-0.2, -0.15) is 0 Å². The van der Waals surface area contributed by atoms with Crippen molar-refractivity contribution in [1.82, 2.24) is 14.6 Å². The van der Waals surface area contributed by atoms with Crippen molar-refractivity contribution in [3.8, 4) is 11.4 Å². The van der Waals surface area contributed by atoms with Crippen LogP contribution in [0.3, 0.4) is 0 Å². The maximum Gasteiger partial charge on any atom is 0.292 e. The van der Waals surface area contributed by atoms with E-state index in [1.165, 1.54) is 12.1 Å². The molecular formula is C12H9N5O2. The zero-order valence-electron chi connectivity index (χ0n) is 9.72. The van der Waals surface area contributed by atoms with E-state index in [0.29, 0.717) is 17.0 Å². The van der Waals surface area contributed by atoms with Gasteiger partial charge in [-0.25, -0.2) is 0 Å². The number of nitrogen functional groups attached to an aromatic ring is 1. The number of nitrogens with zero attached hydrogens (tertiary/aromatic N) is 4. The Morgan fingerprint density at radius 2 is 2.05 bits per heavy atom. The van der Waals surface area contributed by atoms with E-state index in [-0.39, 0.29) is 11.4 Å². The molecule has 1 aromatic carbocycles. The van der Waals surface area contributed by atoms with Gasteiger partial charge in [-0.15, -0.1) is 10.2 Å². The molecule has 3 rings (SSSR count). The Morgan fingerprint density at radius 3 is 2.84 bits per heavy atom. The van der Waals surface area contributed by atoms with Gasteiger partial charge in [0.1, 0.15) is 5.69 Å². The van der Waals surface area contributed by atoms with Gasteiger partial charge in [0.25, 0.3) is 5.69 Å². The minimum atomic E-state index is -0.512. The lowest BCUT2D eigenvalue weighted by molar-refractivity contribution is -0.383. The molecule has 7 heteroatoms. The lowest BCUT2D eigenvalue weighted by Crippen LogP contribution is -1.97. The number of anilines is 1. The van der Waals surface area contributed by atoms with Crippen LogP contribution in [0.25, 0.3) is 17.0 Å². The number of hydrogen-bond donors (Lipinski definition) is 1. The van der Waals surface area contributed by atoms with Gasteiger partial charge in [0.15, 0.2) is 11.5 Å². The zero-order valence-corrected chi connectivity index (χ0v) is 9.72. The molecule has 0 aliphatic carbocycles. The Labute approximate surface area is 107 Å². The molecule has 0 aliphatic heterocycles. The fraction of sp³-hybridized carbons (Fsp3) is 0. The van der Waals surface area contributed by atoms with Crippen molar-refractivity contribution in [2.75, 3.05) is 5.73 Å². The van der Waals surface area contributed by atoms with Crippen molar-refractivity contribution in [2.24, 2.45) is 0 Å². The molecule has 0 radical (unpaired) electrons. The largest absolute Gasteiger partial charge is 0.393 e. The predicted molar refractivity (Wildman–Crippen MR) is 69.5 cm³/mol. The lowest BCUT2D eigenvalue weighted by Gasteiger charge is -2.01. The third-order valence-electron chi connectivity index (χ3n) is 2.80. The van der Waals surface area contributed by atoms with Crippen LogP contribution in [-0.4, -0.2) is 19.5 Å². The molecule has 19 heavy (non-hydrogen) atoms. The SMILES string of the molecule is Nc1ccc(-c2nnc3ccccn23)cc1[N+](=O)[O-]. The average Bonchev–Trinajstić information content (AvgIpc) is 2.83. The van der Waals surface area contributed by atoms with Crippen LogP contribution in [-0.2, 0) is 0 Å². The van der Waals surface area contributed by atoms with Gasteiger partial charge < -0.3 is 5.73 Å². The molecule has 2 N–H and O–H groups in total. The van der Waals surface area contributed by atoms with Crippen LogP contribution in [0.4, 0.5) is 11.4 Å². The molecule has 2 aromatic heterocycles. The number of hydrogen-bond acceptors (Lipinski definition) is 5. The lowest BCUT2D eigenvalue weighted by atomic mass is 10.1. The highest BCUT2D eigenvalue weighted by Gasteiger charge is 2.15. The summed E-state index contributed by atoms with van der Waals surface area (Å²) in [6, 6.07) is 10.1. The van der Waals surface area contributed by atoms with Crippen LogP contribution < -0.4 is 5.73 Å². The molecule has 0 spiro atoms. The van der Waals surface area contributed by atoms with E-state index in [9.17, 15) is 10.1 Å². The molecule has 0 atom stereocenters. The summed E-state index contributed by atoms with van der Waals surface area (Å²) in [4.78, 5) is 10.4. The fourth-order valence-electron chi connectivity index (χ4n) is 1.88. The van der Waals surface area contributed by atoms with Crippen molar-refractivity contribution in [3.63, 3.8) is 0 Å². The van der Waals surface area contributed by atoms with Crippen LogP contribution >= 0.6 is 0 Å². The topological polar surface area (TPSA) is 99.3 Å². The van der Waals surface area contributed by atoms with Crippen LogP contribution in [0.2, 0.25) is 0 Å². The number of rotatable bonds is 2. The van der Waals surface area contributed by atoms with Gasteiger partial charge in [-0.05, 0) is 24.3 Å². The summed E-state index contributed by atoms with van der Waals surface area (Å²) in [6.45, 7) is 0. The highest BCUT2D eigenvalue weighted by atomic mass is 16.6. The second-order valence-corrected chi connectivity index (χ2v) is 3.98. The fourth-order valence-corrected chi connectivity index (χ4v) is 1.88. The first-order valence-corrected chi connectivity index (χ1v) is 5.51. The third kappa shape index (κ3) is 1.77. The van der Waals surface area contributed by atoms with Gasteiger partial charge in [0, 0.05) is 17.8 Å². The first kappa shape index (κ1) is 11.1. The predicted octanol–water partition coefficient (Wildman–Crippen LogP) is 1.89. The number of benzene rings is 1. The molecule has 0 unspecified atom stereocenters. The summed E-state index contributed by atoms with van der Waals surface area (Å²) in [5.74, 6) is 0.540. The van der Waals surface area contributed by atoms with Crippen molar-refractivity contribution in [3.05, 3.63) is 52.7 Å². The average molecular weight is 255 g/mol. The molecule has 0 amide bonds. The van der Waals surface area contributed by atoms with Gasteiger partial charge in [-0.3, -0.25) is 14.5 Å². The smallest absolute Gasteiger partial charge is 0.292 e. The van der Waals surface area contributed by atoms with Crippen molar-refractivity contribution < 1.29 is 4.92 Å². The highest BCUT2D eigenvalue weighted by molar-refractivity contribution is 5.69. The molecule has 0 bridgehead atoms. The van der Waals surface area contributed by atoms with E-state index >= 15 is 0 Å². The van der Waals surface area contributed by atoms with E-state index in [4.69, 9.17) is 5.73 Å². The Morgan fingerprint density at radius 1 is 1.21 bits per heavy atom. The van der Waals surface area contributed by atoms with E-state index < -0.39 is 4.92 Å². The quantitative estimate of drug-likeness (QED) is 0.428. The first-order valence-electron chi connectivity index (χ1n) is 5.51. The summed E-state index contributed by atoms with van der Waals surface area (Å²) in [7, 11) is 0. The third-order valence-corrected chi connectivity index (χ3v) is 2.80. The normalized spacial score (nSPS) is 10.7. The monoisotopic (exact) mass is 255 g/mol. The summed E-state index contributed by atoms with van der Waals surface area (Å²) in [6.07, 6.45) is 1.80. The van der Waals surface area contributed by atoms with Gasteiger partial charge >= 0.3 is 0 Å². The molecule has 2 heterocycles. The van der Waals surface area contributed by atoms with Crippen LogP contribution in [0.5, 0.6) is 0 Å². The number of nitro groups is 1. The maximum absolute atomic E-state index is 10.9. The van der Waals surface area contributed by atoms with Gasteiger partial charge in [0.05, 0.1) is 4.92 Å². The molecule has 0 aliphatic rings. The standard InChI is InChI=1S/C12H9N5O2/c13-9-5-4-8(7-10(9)17(18)19)12-15-14-11-3-1-2-6-16(11)12/h1-7H,13H2. The van der Waals surface area contributed by atoms with Gasteiger partial charge in [0.2, 0.25) is 0 Å². The number of fused-ring (bicyclic) bond motifs is 1. The Bertz CT molecular complexity index is 781. The summed E-state index contributed by atoms with van der Waals surface area (Å²) < 4.78 is 1.76. The summed E-state index contributed by atoms with van der Waals surface area (Å²) >= 11 is 0. The minimum Gasteiger partial charge on any atom is -0.393 e. The molecular weight excluding hydrogens is 246 g/mol. The Kier molecular flexibility index (Phi) is 2.38. The Balaban J connectivity index is 2.22. The molecule has 0 saturated carbocycles. The van der Waals surface area contributed by atoms with Crippen LogP contribution in [0.15, 0.2) is 42.6 Å². The molecule has 0 fully saturated rings. The van der Waals surface area contributed by atoms with Crippen LogP contribution in [0, 0.1) is 10.1 Å². The van der Waals surface area contributed by atoms with E-state index in [0.717, 1.165) is 0 Å². The second kappa shape index (κ2) is 4.05. The van der Waals surface area contributed by atoms with E-state index in [2.05, 4.69) is 10.2 Å². The van der Waals surface area contributed by atoms with E-state index in [1.54, 1.807) is 16.7 Å². The molecule has 7 nitrogen and oxygen atoms in total. The zero-order chi connectivity index (χ0) is 13.4. The summed E-state index contributed by atoms with van der Waals surface area (Å²) in [5, 5.41) is 18.9. The minimum absolute atomic E-state index is 0.127. The van der Waals surface area contributed by atoms with Crippen molar-refractivity contribution >= 4 is 17.0 Å². The number of pyridine rings is 1. The molecule has 0 saturated heterocycles. The maximum atomic E-state index is 10.9. The second-order valence-electron chi connectivity index (χ2n) is 3.98. The van der Waals surface area contributed by atoms with Crippen LogP contribution in [0.1, 0.15) is 0 Å². The highest BCUT2D eigenvalue weighted by Crippen LogP contribution is 2.27. The number of nitrogens with two attached hydrogens (primary N) is 1. The number of nitro benzene ring substituents is 1. The van der Waals surface area contributed by atoms with Gasteiger partial charge in [-0.1, -0.05) is 6.07 Å². The summed E-state index contributed by atoms with van der Waals surface area (Å²) in [5.41, 5.74) is 6.84. The molecule has 3 aromatic rings.